The van der Waals surface area contributed by atoms with E-state index in [0.717, 1.165) is 42.9 Å². The van der Waals surface area contributed by atoms with E-state index in [4.69, 9.17) is 9.47 Å². The summed E-state index contributed by atoms with van der Waals surface area (Å²) < 4.78 is 10.8. The first-order valence-electron chi connectivity index (χ1n) is 9.48. The highest BCUT2D eigenvalue weighted by atomic mass is 16.5. The molecule has 1 saturated heterocycles. The van der Waals surface area contributed by atoms with Gasteiger partial charge in [0.05, 0.1) is 20.8 Å². The summed E-state index contributed by atoms with van der Waals surface area (Å²) in [5.41, 5.74) is 1.03. The molecule has 2 rings (SSSR count). The third-order valence-corrected chi connectivity index (χ3v) is 4.77. The molecule has 0 aliphatic carbocycles. The van der Waals surface area contributed by atoms with E-state index in [1.54, 1.807) is 14.2 Å². The van der Waals surface area contributed by atoms with Crippen LogP contribution in [0, 0.1) is 5.92 Å². The largest absolute Gasteiger partial charge is 0.497 e. The number of ether oxygens (including phenoxy) is 2. The summed E-state index contributed by atoms with van der Waals surface area (Å²) in [5, 5.41) is 5.14. The summed E-state index contributed by atoms with van der Waals surface area (Å²) in [7, 11) is 3.25. The van der Waals surface area contributed by atoms with E-state index < -0.39 is 6.03 Å². The molecule has 150 valence electrons. The third kappa shape index (κ3) is 6.13. The molecule has 7 nitrogen and oxygen atoms in total. The average molecular weight is 377 g/mol. The molecule has 0 spiro atoms. The fourth-order valence-electron chi connectivity index (χ4n) is 3.33. The number of urea groups is 1. The van der Waals surface area contributed by atoms with Gasteiger partial charge in [-0.25, -0.2) is 4.79 Å². The maximum atomic E-state index is 12.3. The van der Waals surface area contributed by atoms with E-state index >= 15 is 0 Å². The van der Waals surface area contributed by atoms with E-state index in [2.05, 4.69) is 29.4 Å². The Labute approximate surface area is 161 Å². The van der Waals surface area contributed by atoms with Gasteiger partial charge in [-0.15, -0.1) is 0 Å². The first-order valence-corrected chi connectivity index (χ1v) is 9.48. The lowest BCUT2D eigenvalue weighted by Crippen LogP contribution is -2.44. The first kappa shape index (κ1) is 21.0. The highest BCUT2D eigenvalue weighted by Gasteiger charge is 2.30. The number of hydrogen-bond donors (Lipinski definition) is 2. The van der Waals surface area contributed by atoms with Gasteiger partial charge < -0.3 is 14.8 Å². The number of carbonyl (C=O) groups is 2. The summed E-state index contributed by atoms with van der Waals surface area (Å²) >= 11 is 0. The van der Waals surface area contributed by atoms with Crippen LogP contribution in [0.15, 0.2) is 18.2 Å². The summed E-state index contributed by atoms with van der Waals surface area (Å²) in [6, 6.07) is 5.39. The second kappa shape index (κ2) is 10.2. The monoisotopic (exact) mass is 377 g/mol. The van der Waals surface area contributed by atoms with Crippen LogP contribution < -0.4 is 20.1 Å². The molecule has 0 aromatic heterocycles. The van der Waals surface area contributed by atoms with Gasteiger partial charge in [0.15, 0.2) is 0 Å². The second-order valence-corrected chi connectivity index (χ2v) is 7.22. The molecule has 2 N–H and O–H groups in total. The molecule has 0 saturated carbocycles. The Morgan fingerprint density at radius 3 is 2.70 bits per heavy atom. The van der Waals surface area contributed by atoms with Crippen molar-refractivity contribution >= 4 is 11.9 Å². The number of amides is 3. The zero-order valence-electron chi connectivity index (χ0n) is 16.7. The van der Waals surface area contributed by atoms with Crippen LogP contribution in [0.3, 0.4) is 0 Å². The molecule has 0 bridgehead atoms. The fraction of sp³-hybridized carbons (Fsp3) is 0.600. The summed E-state index contributed by atoms with van der Waals surface area (Å²) in [6.45, 7) is 5.73. The van der Waals surface area contributed by atoms with Gasteiger partial charge in [0.1, 0.15) is 11.5 Å². The van der Waals surface area contributed by atoms with Crippen molar-refractivity contribution in [2.75, 3.05) is 33.9 Å². The van der Waals surface area contributed by atoms with E-state index in [1.165, 1.54) is 0 Å². The maximum absolute atomic E-state index is 12.3. The second-order valence-electron chi connectivity index (χ2n) is 7.22. The van der Waals surface area contributed by atoms with Gasteiger partial charge in [-0.05, 0) is 37.8 Å². The Balaban J connectivity index is 1.94. The highest BCUT2D eigenvalue weighted by molar-refractivity contribution is 5.95. The number of benzene rings is 1. The number of hydrogen-bond acceptors (Lipinski definition) is 5. The number of methoxy groups -OCH3 is 2. The van der Waals surface area contributed by atoms with E-state index in [-0.39, 0.29) is 18.5 Å². The molecule has 1 aliphatic heterocycles. The first-order chi connectivity index (χ1) is 12.9. The van der Waals surface area contributed by atoms with Crippen molar-refractivity contribution in [3.63, 3.8) is 0 Å². The number of nitrogens with one attached hydrogen (secondary N) is 2. The molecule has 3 amide bonds. The third-order valence-electron chi connectivity index (χ3n) is 4.77. The van der Waals surface area contributed by atoms with Gasteiger partial charge >= 0.3 is 6.03 Å². The van der Waals surface area contributed by atoms with Gasteiger partial charge in [0, 0.05) is 24.2 Å². The molecule has 27 heavy (non-hydrogen) atoms. The summed E-state index contributed by atoms with van der Waals surface area (Å²) in [4.78, 5) is 26.2. The van der Waals surface area contributed by atoms with Gasteiger partial charge in [-0.1, -0.05) is 19.9 Å². The van der Waals surface area contributed by atoms with E-state index in [9.17, 15) is 9.59 Å². The Hall–Kier alpha value is -2.28. The molecule has 0 radical (unpaired) electrons. The smallest absolute Gasteiger partial charge is 0.321 e. The molecule has 1 fully saturated rings. The maximum Gasteiger partial charge on any atom is 0.321 e. The quantitative estimate of drug-likeness (QED) is 0.728. The van der Waals surface area contributed by atoms with Gasteiger partial charge in [-0.2, -0.15) is 0 Å². The molecular weight excluding hydrogens is 346 g/mol. The van der Waals surface area contributed by atoms with Crippen LogP contribution in [-0.4, -0.2) is 50.7 Å². The van der Waals surface area contributed by atoms with Crippen LogP contribution in [0.25, 0.3) is 0 Å². The number of imide groups is 1. The molecule has 0 unspecified atom stereocenters. The van der Waals surface area contributed by atoms with Crippen molar-refractivity contribution in [3.05, 3.63) is 23.8 Å². The van der Waals surface area contributed by atoms with Gasteiger partial charge in [0.2, 0.25) is 5.91 Å². The van der Waals surface area contributed by atoms with Gasteiger partial charge in [0.25, 0.3) is 0 Å². The highest BCUT2D eigenvalue weighted by Crippen LogP contribution is 2.38. The Bertz CT molecular complexity index is 648. The lowest BCUT2D eigenvalue weighted by Gasteiger charge is -2.25. The topological polar surface area (TPSA) is 79.9 Å². The van der Waals surface area contributed by atoms with Crippen LogP contribution in [0.4, 0.5) is 4.79 Å². The predicted octanol–water partition coefficient (Wildman–Crippen LogP) is 2.71. The molecule has 1 aliphatic rings. The van der Waals surface area contributed by atoms with Crippen molar-refractivity contribution in [2.45, 2.75) is 39.2 Å². The Kier molecular flexibility index (Phi) is 7.91. The lowest BCUT2D eigenvalue weighted by atomic mass is 10.0. The number of rotatable bonds is 8. The van der Waals surface area contributed by atoms with Crippen molar-refractivity contribution < 1.29 is 19.1 Å². The summed E-state index contributed by atoms with van der Waals surface area (Å²) in [5.74, 6) is 1.69. The minimum Gasteiger partial charge on any atom is -0.497 e. The van der Waals surface area contributed by atoms with Crippen molar-refractivity contribution in [3.8, 4) is 11.5 Å². The Morgan fingerprint density at radius 2 is 2.04 bits per heavy atom. The van der Waals surface area contributed by atoms with Crippen LogP contribution in [0.1, 0.15) is 44.7 Å². The average Bonchev–Trinajstić information content (AvgIpc) is 3.08. The number of nitrogens with zero attached hydrogens (tertiary/aromatic N) is 1. The van der Waals surface area contributed by atoms with Gasteiger partial charge in [-0.3, -0.25) is 15.0 Å². The molecule has 1 atom stereocenters. The van der Waals surface area contributed by atoms with E-state index in [0.29, 0.717) is 12.5 Å². The molecular formula is C20H31N3O4. The zero-order chi connectivity index (χ0) is 19.8. The van der Waals surface area contributed by atoms with Crippen LogP contribution in [0.5, 0.6) is 11.5 Å². The number of likely N-dealkylation sites (tertiary alicyclic amines) is 1. The molecule has 7 heteroatoms. The van der Waals surface area contributed by atoms with E-state index in [1.807, 2.05) is 18.2 Å². The predicted molar refractivity (Wildman–Crippen MR) is 104 cm³/mol. The van der Waals surface area contributed by atoms with Crippen molar-refractivity contribution in [2.24, 2.45) is 5.92 Å². The standard InChI is InChI=1S/C20H31N3O4/c1-14(2)9-10-21-20(25)22-19(24)13-23-11-5-6-17(23)16-8-7-15(26-3)12-18(16)27-4/h7-8,12,14,17H,5-6,9-11,13H2,1-4H3,(H2,21,22,24,25)/t17-/m0/s1. The summed E-state index contributed by atoms with van der Waals surface area (Å²) in [6.07, 6.45) is 2.82. The van der Waals surface area contributed by atoms with Crippen molar-refractivity contribution in [1.29, 1.82) is 0 Å². The van der Waals surface area contributed by atoms with Crippen molar-refractivity contribution in [1.82, 2.24) is 15.5 Å². The van der Waals surface area contributed by atoms with Crippen LogP contribution >= 0.6 is 0 Å². The fourth-order valence-corrected chi connectivity index (χ4v) is 3.33. The SMILES string of the molecule is COc1ccc([C@@H]2CCCN2CC(=O)NC(=O)NCCC(C)C)c(OC)c1. The zero-order valence-corrected chi connectivity index (χ0v) is 16.7. The molecule has 1 aromatic carbocycles. The molecule has 1 aromatic rings. The number of carbonyl (C=O) groups excluding carboxylic acids is 2. The normalized spacial score (nSPS) is 17.0. The molecule has 1 heterocycles. The minimum atomic E-state index is -0.432. The Morgan fingerprint density at radius 1 is 1.26 bits per heavy atom. The lowest BCUT2D eigenvalue weighted by molar-refractivity contribution is -0.121. The van der Waals surface area contributed by atoms with Crippen LogP contribution in [0.2, 0.25) is 0 Å². The van der Waals surface area contributed by atoms with Crippen LogP contribution in [-0.2, 0) is 4.79 Å². The minimum absolute atomic E-state index is 0.0839.